The number of nitrogens with zero attached hydrogens (tertiary/aromatic N) is 2. The van der Waals surface area contributed by atoms with Gasteiger partial charge in [0.25, 0.3) is 5.56 Å². The molecule has 4 rings (SSSR count). The van der Waals surface area contributed by atoms with Crippen molar-refractivity contribution in [3.05, 3.63) is 51.3 Å². The maximum atomic E-state index is 12.9. The van der Waals surface area contributed by atoms with Crippen LogP contribution in [0.2, 0.25) is 0 Å². The first kappa shape index (κ1) is 21.1. The molecule has 5 heteroatoms. The molecule has 1 aliphatic heterocycles. The van der Waals surface area contributed by atoms with Crippen LogP contribution < -0.4 is 10.3 Å². The van der Waals surface area contributed by atoms with Gasteiger partial charge in [0, 0.05) is 34.9 Å². The van der Waals surface area contributed by atoms with Crippen LogP contribution in [0, 0.1) is 12.8 Å². The summed E-state index contributed by atoms with van der Waals surface area (Å²) in [7, 11) is 3.54. The Morgan fingerprint density at radius 1 is 1.13 bits per heavy atom. The summed E-state index contributed by atoms with van der Waals surface area (Å²) in [6.45, 7) is 7.72. The lowest BCUT2D eigenvalue weighted by molar-refractivity contribution is 0.219. The number of rotatable bonds is 4. The van der Waals surface area contributed by atoms with E-state index in [1.807, 2.05) is 19.3 Å². The molecule has 0 saturated carbocycles. The monoisotopic (exact) mass is 424 g/mol. The van der Waals surface area contributed by atoms with E-state index in [0.29, 0.717) is 0 Å². The molecule has 0 spiro atoms. The molecule has 4 nitrogen and oxygen atoms in total. The fraction of sp³-hybridized carbons (Fsp3) is 0.480. The first-order valence-corrected chi connectivity index (χ1v) is 11.8. The van der Waals surface area contributed by atoms with Crippen molar-refractivity contribution >= 4 is 21.4 Å². The van der Waals surface area contributed by atoms with Gasteiger partial charge in [-0.15, -0.1) is 11.3 Å². The van der Waals surface area contributed by atoms with Gasteiger partial charge in [-0.25, -0.2) is 0 Å². The van der Waals surface area contributed by atoms with Gasteiger partial charge in [0.15, 0.2) is 0 Å². The molecule has 1 unspecified atom stereocenters. The second-order valence-corrected chi connectivity index (χ2v) is 9.90. The van der Waals surface area contributed by atoms with Gasteiger partial charge in [-0.2, -0.15) is 0 Å². The van der Waals surface area contributed by atoms with Crippen molar-refractivity contribution in [2.45, 2.75) is 46.1 Å². The number of fused-ring (bicyclic) bond motifs is 1. The van der Waals surface area contributed by atoms with E-state index >= 15 is 0 Å². The molecule has 3 heterocycles. The highest BCUT2D eigenvalue weighted by Crippen LogP contribution is 2.36. The van der Waals surface area contributed by atoms with Crippen LogP contribution in [0.25, 0.3) is 21.2 Å². The predicted octanol–water partition coefficient (Wildman–Crippen LogP) is 5.60. The number of aromatic nitrogens is 1. The van der Waals surface area contributed by atoms with Crippen molar-refractivity contribution in [3.8, 4) is 16.9 Å². The summed E-state index contributed by atoms with van der Waals surface area (Å²) < 4.78 is 8.26. The van der Waals surface area contributed by atoms with Gasteiger partial charge in [-0.3, -0.25) is 9.69 Å². The molecule has 2 aromatic heterocycles. The van der Waals surface area contributed by atoms with Crippen LogP contribution >= 0.6 is 11.3 Å². The number of ether oxygens (including phenoxy) is 1. The lowest BCUT2D eigenvalue weighted by Crippen LogP contribution is -2.28. The average molecular weight is 425 g/mol. The highest BCUT2D eigenvalue weighted by atomic mass is 32.1. The molecule has 0 bridgehead atoms. The Kier molecular flexibility index (Phi) is 6.30. The lowest BCUT2D eigenvalue weighted by Gasteiger charge is -2.26. The number of hydrogen-bond donors (Lipinski definition) is 0. The summed E-state index contributed by atoms with van der Waals surface area (Å²) in [5.74, 6) is 1.65. The van der Waals surface area contributed by atoms with Crippen molar-refractivity contribution in [3.63, 3.8) is 0 Å². The molecule has 30 heavy (non-hydrogen) atoms. The van der Waals surface area contributed by atoms with E-state index in [1.54, 1.807) is 23.0 Å². The molecule has 160 valence electrons. The normalized spacial score (nSPS) is 18.3. The van der Waals surface area contributed by atoms with E-state index in [1.165, 1.54) is 36.1 Å². The van der Waals surface area contributed by atoms with Crippen LogP contribution in [-0.2, 0) is 13.6 Å². The van der Waals surface area contributed by atoms with Gasteiger partial charge < -0.3 is 9.30 Å². The number of likely N-dealkylation sites (tertiary alicyclic amines) is 1. The number of benzene rings is 1. The molecule has 1 saturated heterocycles. The fourth-order valence-electron chi connectivity index (χ4n) is 4.46. The minimum atomic E-state index is 0.0816. The highest BCUT2D eigenvalue weighted by Gasteiger charge is 2.18. The Balaban J connectivity index is 1.74. The third-order valence-corrected chi connectivity index (χ3v) is 7.53. The smallest absolute Gasteiger partial charge is 0.259 e. The molecule has 0 N–H and O–H groups in total. The van der Waals surface area contributed by atoms with E-state index < -0.39 is 0 Å². The Bertz CT molecular complexity index is 1100. The lowest BCUT2D eigenvalue weighted by atomic mass is 9.98. The first-order valence-electron chi connectivity index (χ1n) is 11.0. The number of thiophene rings is 1. The summed E-state index contributed by atoms with van der Waals surface area (Å²) in [6.07, 6.45) is 7.19. The molecule has 3 aromatic rings. The maximum Gasteiger partial charge on any atom is 0.259 e. The zero-order chi connectivity index (χ0) is 21.3. The maximum absolute atomic E-state index is 12.9. The molecule has 1 fully saturated rings. The number of pyridine rings is 1. The van der Waals surface area contributed by atoms with Gasteiger partial charge in [0.05, 0.1) is 12.5 Å². The number of hydrogen-bond acceptors (Lipinski definition) is 4. The number of methoxy groups -OCH3 is 1. The van der Waals surface area contributed by atoms with Gasteiger partial charge in [-0.1, -0.05) is 25.8 Å². The van der Waals surface area contributed by atoms with Gasteiger partial charge in [0.2, 0.25) is 0 Å². The predicted molar refractivity (Wildman–Crippen MR) is 127 cm³/mol. The summed E-state index contributed by atoms with van der Waals surface area (Å²) in [5, 5.41) is 0.831. The third kappa shape index (κ3) is 4.33. The molecular weight excluding hydrogens is 392 g/mol. The van der Waals surface area contributed by atoms with Gasteiger partial charge in [-0.05, 0) is 68.1 Å². The molecule has 1 atom stereocenters. The Morgan fingerprint density at radius 2 is 1.97 bits per heavy atom. The highest BCUT2D eigenvalue weighted by molar-refractivity contribution is 7.19. The third-order valence-electron chi connectivity index (χ3n) is 6.37. The molecular formula is C25H32N2O2S. The van der Waals surface area contributed by atoms with Crippen LogP contribution in [0.1, 0.15) is 43.0 Å². The van der Waals surface area contributed by atoms with E-state index in [4.69, 9.17) is 4.74 Å². The van der Waals surface area contributed by atoms with Crippen molar-refractivity contribution < 1.29 is 4.74 Å². The SMILES string of the molecule is COc1ccc(C)c(-c2cn(C)c(=O)c3cc(CN4CCCCC(C)CC4)sc23)c1. The van der Waals surface area contributed by atoms with Crippen molar-refractivity contribution in [1.82, 2.24) is 9.47 Å². The largest absolute Gasteiger partial charge is 0.497 e. The minimum absolute atomic E-state index is 0.0816. The average Bonchev–Trinajstić information content (AvgIpc) is 3.15. The second-order valence-electron chi connectivity index (χ2n) is 8.76. The summed E-state index contributed by atoms with van der Waals surface area (Å²) in [4.78, 5) is 16.8. The standard InChI is InChI=1S/C25H32N2O2S/c1-17-7-5-6-11-27(12-10-17)15-20-14-22-24(30-20)23(16-26(3)25(22)28)21-13-19(29-4)9-8-18(21)2/h8-9,13-14,16-17H,5-7,10-12,15H2,1-4H3. The fourth-order valence-corrected chi connectivity index (χ4v) is 5.67. The van der Waals surface area contributed by atoms with E-state index in [0.717, 1.165) is 52.5 Å². The van der Waals surface area contributed by atoms with Gasteiger partial charge >= 0.3 is 0 Å². The van der Waals surface area contributed by atoms with E-state index in [-0.39, 0.29) is 5.56 Å². The summed E-state index contributed by atoms with van der Waals surface area (Å²) in [5.41, 5.74) is 3.51. The van der Waals surface area contributed by atoms with Crippen molar-refractivity contribution in [1.29, 1.82) is 0 Å². The Morgan fingerprint density at radius 3 is 2.77 bits per heavy atom. The molecule has 0 aliphatic carbocycles. The van der Waals surface area contributed by atoms with Gasteiger partial charge in [0.1, 0.15) is 5.75 Å². The van der Waals surface area contributed by atoms with Crippen LogP contribution in [0.5, 0.6) is 5.75 Å². The van der Waals surface area contributed by atoms with Crippen LogP contribution in [-0.4, -0.2) is 29.7 Å². The summed E-state index contributed by atoms with van der Waals surface area (Å²) in [6, 6.07) is 8.28. The van der Waals surface area contributed by atoms with Crippen LogP contribution in [0.15, 0.2) is 35.3 Å². The number of aryl methyl sites for hydroxylation is 2. The zero-order valence-corrected chi connectivity index (χ0v) is 19.3. The Hall–Kier alpha value is -2.11. The molecule has 1 aliphatic rings. The molecule has 0 radical (unpaired) electrons. The van der Waals surface area contributed by atoms with Crippen molar-refractivity contribution in [2.24, 2.45) is 13.0 Å². The van der Waals surface area contributed by atoms with Crippen molar-refractivity contribution in [2.75, 3.05) is 20.2 Å². The second kappa shape index (κ2) is 8.94. The topological polar surface area (TPSA) is 34.5 Å². The quantitative estimate of drug-likeness (QED) is 0.547. The van der Waals surface area contributed by atoms with Crippen LogP contribution in [0.3, 0.4) is 0 Å². The zero-order valence-electron chi connectivity index (χ0n) is 18.5. The Labute approximate surface area is 183 Å². The molecule has 0 amide bonds. The van der Waals surface area contributed by atoms with E-state index in [2.05, 4.69) is 36.9 Å². The first-order chi connectivity index (χ1) is 14.5. The molecule has 1 aromatic carbocycles. The minimum Gasteiger partial charge on any atom is -0.497 e. The van der Waals surface area contributed by atoms with E-state index in [9.17, 15) is 4.79 Å². The summed E-state index contributed by atoms with van der Waals surface area (Å²) >= 11 is 1.77. The van der Waals surface area contributed by atoms with Crippen LogP contribution in [0.4, 0.5) is 0 Å².